The van der Waals surface area contributed by atoms with Gasteiger partial charge in [0, 0.05) is 34.1 Å². The van der Waals surface area contributed by atoms with Gasteiger partial charge in [-0.15, -0.1) is 0 Å². The molecule has 4 N–H and O–H groups in total. The molecule has 1 heterocycles. The highest BCUT2D eigenvalue weighted by atomic mass is 127. The lowest BCUT2D eigenvalue weighted by Gasteiger charge is -2.31. The SMILES string of the molecule is Nc1ccc(NC2CCN(C(=O)O)CC2)c(I)c1. The maximum absolute atomic E-state index is 10.8. The Hall–Kier alpha value is -1.18. The molecule has 1 aromatic carbocycles. The van der Waals surface area contributed by atoms with Crippen molar-refractivity contribution in [3.63, 3.8) is 0 Å². The molecule has 18 heavy (non-hydrogen) atoms. The van der Waals surface area contributed by atoms with Crippen LogP contribution in [-0.4, -0.2) is 35.2 Å². The molecule has 1 aliphatic rings. The minimum absolute atomic E-state index is 0.331. The molecular weight excluding hydrogens is 345 g/mol. The van der Waals surface area contributed by atoms with Gasteiger partial charge in [0.25, 0.3) is 0 Å². The van der Waals surface area contributed by atoms with Gasteiger partial charge in [0.15, 0.2) is 0 Å². The van der Waals surface area contributed by atoms with Crippen LogP contribution in [0.25, 0.3) is 0 Å². The second kappa shape index (κ2) is 5.64. The molecule has 5 nitrogen and oxygen atoms in total. The number of nitrogens with one attached hydrogen (secondary N) is 1. The second-order valence-electron chi connectivity index (χ2n) is 4.43. The fraction of sp³-hybridized carbons (Fsp3) is 0.417. The summed E-state index contributed by atoms with van der Waals surface area (Å²) in [6.07, 6.45) is 0.856. The van der Waals surface area contributed by atoms with E-state index in [0.717, 1.165) is 27.8 Å². The van der Waals surface area contributed by atoms with E-state index in [-0.39, 0.29) is 0 Å². The summed E-state index contributed by atoms with van der Waals surface area (Å²) in [7, 11) is 0. The molecule has 1 fully saturated rings. The first kappa shape index (κ1) is 13.3. The minimum atomic E-state index is -0.824. The highest BCUT2D eigenvalue weighted by Crippen LogP contribution is 2.23. The van der Waals surface area contributed by atoms with Crippen molar-refractivity contribution in [3.05, 3.63) is 21.8 Å². The van der Waals surface area contributed by atoms with Crippen molar-refractivity contribution in [1.29, 1.82) is 0 Å². The van der Waals surface area contributed by atoms with Gasteiger partial charge >= 0.3 is 6.09 Å². The molecule has 1 aromatic rings. The van der Waals surface area contributed by atoms with E-state index in [1.807, 2.05) is 18.2 Å². The van der Waals surface area contributed by atoms with E-state index in [1.165, 1.54) is 4.90 Å². The van der Waals surface area contributed by atoms with Crippen LogP contribution in [0.2, 0.25) is 0 Å². The molecule has 0 spiro atoms. The standard InChI is InChI=1S/C12H16IN3O2/c13-10-7-8(14)1-2-11(10)15-9-3-5-16(6-4-9)12(17)18/h1-2,7,9,15H,3-6,14H2,(H,17,18). The first-order chi connectivity index (χ1) is 8.56. The lowest BCUT2D eigenvalue weighted by Crippen LogP contribution is -2.41. The minimum Gasteiger partial charge on any atom is -0.465 e. The van der Waals surface area contributed by atoms with Crippen LogP contribution in [0.4, 0.5) is 16.2 Å². The molecule has 0 aliphatic carbocycles. The predicted octanol–water partition coefficient (Wildman–Crippen LogP) is 2.43. The third-order valence-corrected chi connectivity index (χ3v) is 4.01. The van der Waals surface area contributed by atoms with Crippen LogP contribution in [0.15, 0.2) is 18.2 Å². The van der Waals surface area contributed by atoms with Crippen LogP contribution in [-0.2, 0) is 0 Å². The second-order valence-corrected chi connectivity index (χ2v) is 5.59. The summed E-state index contributed by atoms with van der Waals surface area (Å²) in [6.45, 7) is 1.19. The quantitative estimate of drug-likeness (QED) is 0.559. The van der Waals surface area contributed by atoms with Crippen LogP contribution in [0.3, 0.4) is 0 Å². The summed E-state index contributed by atoms with van der Waals surface area (Å²) in [5, 5.41) is 12.3. The van der Waals surface area contributed by atoms with Crippen LogP contribution in [0.1, 0.15) is 12.8 Å². The van der Waals surface area contributed by atoms with Crippen LogP contribution in [0.5, 0.6) is 0 Å². The van der Waals surface area contributed by atoms with Crippen molar-refractivity contribution in [3.8, 4) is 0 Å². The van der Waals surface area contributed by atoms with Gasteiger partial charge in [-0.3, -0.25) is 0 Å². The average Bonchev–Trinajstić information content (AvgIpc) is 2.33. The van der Waals surface area contributed by atoms with Crippen molar-refractivity contribution < 1.29 is 9.90 Å². The molecule has 0 atom stereocenters. The number of nitrogen functional groups attached to an aromatic ring is 1. The number of hydrogen-bond donors (Lipinski definition) is 3. The smallest absolute Gasteiger partial charge is 0.407 e. The molecule has 1 amide bonds. The summed E-state index contributed by atoms with van der Waals surface area (Å²) >= 11 is 2.25. The summed E-state index contributed by atoms with van der Waals surface area (Å²) in [6, 6.07) is 6.10. The molecule has 0 saturated carbocycles. The Bertz CT molecular complexity index is 445. The Morgan fingerprint density at radius 1 is 1.44 bits per heavy atom. The van der Waals surface area contributed by atoms with Crippen molar-refractivity contribution in [2.45, 2.75) is 18.9 Å². The molecule has 0 unspecified atom stereocenters. The maximum Gasteiger partial charge on any atom is 0.407 e. The number of nitrogens with two attached hydrogens (primary N) is 1. The van der Waals surface area contributed by atoms with E-state index >= 15 is 0 Å². The first-order valence-electron chi connectivity index (χ1n) is 5.85. The Balaban J connectivity index is 1.93. The number of rotatable bonds is 2. The van der Waals surface area contributed by atoms with Crippen molar-refractivity contribution in [2.24, 2.45) is 0 Å². The van der Waals surface area contributed by atoms with Gasteiger partial charge in [-0.25, -0.2) is 4.79 Å². The van der Waals surface area contributed by atoms with E-state index in [4.69, 9.17) is 10.8 Å². The van der Waals surface area contributed by atoms with Crippen LogP contribution >= 0.6 is 22.6 Å². The number of amides is 1. The van der Waals surface area contributed by atoms with E-state index in [1.54, 1.807) is 0 Å². The lowest BCUT2D eigenvalue weighted by atomic mass is 10.1. The van der Waals surface area contributed by atoms with Gasteiger partial charge < -0.3 is 21.1 Å². The largest absolute Gasteiger partial charge is 0.465 e. The third-order valence-electron chi connectivity index (χ3n) is 3.12. The highest BCUT2D eigenvalue weighted by molar-refractivity contribution is 14.1. The van der Waals surface area contributed by atoms with E-state index in [9.17, 15) is 4.79 Å². The Kier molecular flexibility index (Phi) is 4.15. The molecule has 1 saturated heterocycles. The molecule has 0 radical (unpaired) electrons. The Labute approximate surface area is 119 Å². The molecule has 0 aromatic heterocycles. The number of benzene rings is 1. The van der Waals surface area contributed by atoms with Crippen molar-refractivity contribution in [2.75, 3.05) is 24.1 Å². The van der Waals surface area contributed by atoms with E-state index in [2.05, 4.69) is 27.9 Å². The fourth-order valence-corrected chi connectivity index (χ4v) is 2.78. The average molecular weight is 361 g/mol. The van der Waals surface area contributed by atoms with Crippen molar-refractivity contribution >= 4 is 40.1 Å². The Morgan fingerprint density at radius 3 is 2.67 bits per heavy atom. The molecule has 98 valence electrons. The zero-order valence-corrected chi connectivity index (χ0v) is 12.1. The number of nitrogens with zero attached hydrogens (tertiary/aromatic N) is 1. The van der Waals surface area contributed by atoms with E-state index < -0.39 is 6.09 Å². The molecule has 1 aliphatic heterocycles. The number of piperidine rings is 1. The van der Waals surface area contributed by atoms with Crippen LogP contribution < -0.4 is 11.1 Å². The van der Waals surface area contributed by atoms with Gasteiger partial charge in [0.05, 0.1) is 0 Å². The van der Waals surface area contributed by atoms with Crippen molar-refractivity contribution in [1.82, 2.24) is 4.90 Å². The normalized spacial score (nSPS) is 16.6. The summed E-state index contributed by atoms with van der Waals surface area (Å²) in [5.41, 5.74) is 7.53. The summed E-state index contributed by atoms with van der Waals surface area (Å²) in [4.78, 5) is 12.3. The van der Waals surface area contributed by atoms with Gasteiger partial charge in [-0.05, 0) is 53.6 Å². The van der Waals surface area contributed by atoms with Gasteiger partial charge in [0.1, 0.15) is 0 Å². The maximum atomic E-state index is 10.8. The fourth-order valence-electron chi connectivity index (χ4n) is 2.08. The van der Waals surface area contributed by atoms with Gasteiger partial charge in [-0.1, -0.05) is 0 Å². The Morgan fingerprint density at radius 2 is 2.11 bits per heavy atom. The number of anilines is 2. The number of hydrogen-bond acceptors (Lipinski definition) is 3. The third kappa shape index (κ3) is 3.18. The summed E-state index contributed by atoms with van der Waals surface area (Å²) in [5.74, 6) is 0. The van der Waals surface area contributed by atoms with E-state index in [0.29, 0.717) is 19.1 Å². The monoisotopic (exact) mass is 361 g/mol. The topological polar surface area (TPSA) is 78.6 Å². The molecule has 6 heteroatoms. The van der Waals surface area contributed by atoms with Gasteiger partial charge in [-0.2, -0.15) is 0 Å². The predicted molar refractivity (Wildman–Crippen MR) is 79.8 cm³/mol. The number of halogens is 1. The lowest BCUT2D eigenvalue weighted by molar-refractivity contribution is 0.134. The zero-order chi connectivity index (χ0) is 13.1. The molecule has 0 bridgehead atoms. The molecular formula is C12H16IN3O2. The number of carbonyl (C=O) groups is 1. The zero-order valence-electron chi connectivity index (χ0n) is 9.90. The first-order valence-corrected chi connectivity index (χ1v) is 6.93. The number of likely N-dealkylation sites (tertiary alicyclic amines) is 1. The number of carboxylic acid groups (broad SMARTS) is 1. The summed E-state index contributed by atoms with van der Waals surface area (Å²) < 4.78 is 1.09. The van der Waals surface area contributed by atoms with Crippen LogP contribution in [0, 0.1) is 3.57 Å². The van der Waals surface area contributed by atoms with Gasteiger partial charge in [0.2, 0.25) is 0 Å². The molecule has 2 rings (SSSR count). The highest BCUT2D eigenvalue weighted by Gasteiger charge is 2.22.